The number of fused-ring (bicyclic) bond motifs is 4. The SMILES string of the molecule is CC=Cc1ccc2n(c1=O)C[C@H]1[C@H](CO)[C@@H](C(=O)N(C)C)[C@@H]2N1CCc1ccccc1. The molecule has 1 saturated heterocycles. The Balaban J connectivity index is 1.78. The summed E-state index contributed by atoms with van der Waals surface area (Å²) < 4.78 is 1.83. The smallest absolute Gasteiger partial charge is 0.258 e. The van der Waals surface area contributed by atoms with Crippen molar-refractivity contribution in [2.24, 2.45) is 11.8 Å². The maximum atomic E-state index is 13.2. The van der Waals surface area contributed by atoms with Crippen LogP contribution in [0.3, 0.4) is 0 Å². The summed E-state index contributed by atoms with van der Waals surface area (Å²) in [4.78, 5) is 30.3. The van der Waals surface area contributed by atoms with Gasteiger partial charge in [-0.15, -0.1) is 0 Å². The molecule has 2 aliphatic rings. The summed E-state index contributed by atoms with van der Waals surface area (Å²) in [6.07, 6.45) is 4.54. The quantitative estimate of drug-likeness (QED) is 0.777. The van der Waals surface area contributed by atoms with Gasteiger partial charge in [0.1, 0.15) is 0 Å². The molecule has 4 atom stereocenters. The fourth-order valence-electron chi connectivity index (χ4n) is 5.34. The minimum absolute atomic E-state index is 0.00897. The van der Waals surface area contributed by atoms with Crippen molar-refractivity contribution in [2.45, 2.75) is 32.0 Å². The second kappa shape index (κ2) is 8.81. The van der Waals surface area contributed by atoms with Gasteiger partial charge in [-0.3, -0.25) is 14.5 Å². The Kier molecular flexibility index (Phi) is 6.12. The standard InChI is InChI=1S/C25H31N3O3/c1-4-8-18-11-12-20-23-22(25(31)26(2)3)19(16-29)21(15-28(20)24(18)30)27(23)14-13-17-9-6-5-7-10-17/h4-12,19,21-23,29H,13-16H2,1-3H3/t19-,21-,22+,23+/m0/s1. The first-order chi connectivity index (χ1) is 15.0. The van der Waals surface area contributed by atoms with Crippen molar-refractivity contribution in [1.82, 2.24) is 14.4 Å². The summed E-state index contributed by atoms with van der Waals surface area (Å²) >= 11 is 0. The van der Waals surface area contributed by atoms with E-state index in [0.29, 0.717) is 12.1 Å². The lowest BCUT2D eigenvalue weighted by Crippen LogP contribution is -2.47. The average molecular weight is 422 g/mol. The molecule has 3 heterocycles. The molecular weight excluding hydrogens is 390 g/mol. The van der Waals surface area contributed by atoms with E-state index in [9.17, 15) is 14.7 Å². The fraction of sp³-hybridized carbons (Fsp3) is 0.440. The van der Waals surface area contributed by atoms with Gasteiger partial charge in [0.05, 0.1) is 12.0 Å². The van der Waals surface area contributed by atoms with E-state index in [1.165, 1.54) is 5.56 Å². The minimum atomic E-state index is -0.374. The van der Waals surface area contributed by atoms with Gasteiger partial charge >= 0.3 is 0 Å². The van der Waals surface area contributed by atoms with Gasteiger partial charge in [-0.1, -0.05) is 42.5 Å². The van der Waals surface area contributed by atoms with E-state index < -0.39 is 0 Å². The van der Waals surface area contributed by atoms with Crippen LogP contribution in [0.2, 0.25) is 0 Å². The number of nitrogens with zero attached hydrogens (tertiary/aromatic N) is 3. The van der Waals surface area contributed by atoms with Crippen LogP contribution in [0.25, 0.3) is 6.08 Å². The van der Waals surface area contributed by atoms with Crippen LogP contribution in [-0.2, 0) is 17.8 Å². The molecule has 1 fully saturated rings. The Labute approximate surface area is 183 Å². The predicted octanol–water partition coefficient (Wildman–Crippen LogP) is 2.18. The predicted molar refractivity (Wildman–Crippen MR) is 122 cm³/mol. The lowest BCUT2D eigenvalue weighted by Gasteiger charge is -2.38. The van der Waals surface area contributed by atoms with Crippen LogP contribution >= 0.6 is 0 Å². The van der Waals surface area contributed by atoms with Gasteiger partial charge in [0.15, 0.2) is 0 Å². The third-order valence-electron chi connectivity index (χ3n) is 6.77. The van der Waals surface area contributed by atoms with Crippen molar-refractivity contribution in [3.63, 3.8) is 0 Å². The Bertz CT molecular complexity index is 1030. The largest absolute Gasteiger partial charge is 0.396 e. The molecule has 0 spiro atoms. The minimum Gasteiger partial charge on any atom is -0.396 e. The molecule has 1 amide bonds. The van der Waals surface area contributed by atoms with Crippen LogP contribution in [0.15, 0.2) is 53.3 Å². The molecule has 0 saturated carbocycles. The van der Waals surface area contributed by atoms with Crippen molar-refractivity contribution < 1.29 is 9.90 Å². The number of aromatic nitrogens is 1. The lowest BCUT2D eigenvalue weighted by atomic mass is 9.86. The number of hydrogen-bond donors (Lipinski definition) is 1. The van der Waals surface area contributed by atoms with Crippen LogP contribution < -0.4 is 5.56 Å². The van der Waals surface area contributed by atoms with E-state index in [2.05, 4.69) is 17.0 Å². The number of aliphatic hydroxyl groups excluding tert-OH is 1. The maximum absolute atomic E-state index is 13.2. The zero-order valence-electron chi connectivity index (χ0n) is 18.4. The number of allylic oxidation sites excluding steroid dienone is 1. The molecule has 31 heavy (non-hydrogen) atoms. The summed E-state index contributed by atoms with van der Waals surface area (Å²) in [5, 5.41) is 10.3. The van der Waals surface area contributed by atoms with E-state index in [1.54, 1.807) is 19.0 Å². The third-order valence-corrected chi connectivity index (χ3v) is 6.77. The molecule has 1 aromatic heterocycles. The van der Waals surface area contributed by atoms with E-state index in [1.807, 2.05) is 54.0 Å². The summed E-state index contributed by atoms with van der Waals surface area (Å²) in [5.74, 6) is -0.573. The summed E-state index contributed by atoms with van der Waals surface area (Å²) in [6, 6.07) is 13.9. The molecule has 0 radical (unpaired) electrons. The average Bonchev–Trinajstić information content (AvgIpc) is 2.99. The Morgan fingerprint density at radius 1 is 1.19 bits per heavy atom. The summed E-state index contributed by atoms with van der Waals surface area (Å²) in [6.45, 7) is 3.09. The molecule has 6 heteroatoms. The molecule has 6 nitrogen and oxygen atoms in total. The summed E-state index contributed by atoms with van der Waals surface area (Å²) in [5.41, 5.74) is 2.74. The zero-order valence-corrected chi connectivity index (χ0v) is 18.4. The molecule has 2 aliphatic heterocycles. The van der Waals surface area contributed by atoms with E-state index in [-0.39, 0.29) is 42.0 Å². The number of carbonyl (C=O) groups is 1. The van der Waals surface area contributed by atoms with E-state index in [0.717, 1.165) is 18.7 Å². The van der Waals surface area contributed by atoms with Gasteiger partial charge in [0.2, 0.25) is 5.91 Å². The second-order valence-corrected chi connectivity index (χ2v) is 8.72. The first-order valence-electron chi connectivity index (χ1n) is 11.0. The highest BCUT2D eigenvalue weighted by atomic mass is 16.3. The zero-order chi connectivity index (χ0) is 22.1. The number of amides is 1. The van der Waals surface area contributed by atoms with Crippen molar-refractivity contribution >= 4 is 12.0 Å². The molecule has 1 aromatic carbocycles. The molecule has 0 aliphatic carbocycles. The van der Waals surface area contributed by atoms with Crippen molar-refractivity contribution in [3.8, 4) is 0 Å². The molecule has 4 rings (SSSR count). The lowest BCUT2D eigenvalue weighted by molar-refractivity contribution is -0.135. The van der Waals surface area contributed by atoms with Gasteiger partial charge in [0.25, 0.3) is 5.56 Å². The highest BCUT2D eigenvalue weighted by molar-refractivity contribution is 5.80. The second-order valence-electron chi connectivity index (χ2n) is 8.72. The van der Waals surface area contributed by atoms with Crippen LogP contribution in [0.5, 0.6) is 0 Å². The summed E-state index contributed by atoms with van der Waals surface area (Å²) in [7, 11) is 3.52. The van der Waals surface area contributed by atoms with E-state index >= 15 is 0 Å². The van der Waals surface area contributed by atoms with Crippen LogP contribution in [0, 0.1) is 11.8 Å². The highest BCUT2D eigenvalue weighted by Crippen LogP contribution is 2.48. The van der Waals surface area contributed by atoms with Crippen molar-refractivity contribution in [1.29, 1.82) is 0 Å². The van der Waals surface area contributed by atoms with Crippen LogP contribution in [0.4, 0.5) is 0 Å². The van der Waals surface area contributed by atoms with Gasteiger partial charge < -0.3 is 14.6 Å². The van der Waals surface area contributed by atoms with Crippen LogP contribution in [-0.4, -0.2) is 58.7 Å². The number of carbonyl (C=O) groups excluding carboxylic acids is 1. The monoisotopic (exact) mass is 421 g/mol. The fourth-order valence-corrected chi connectivity index (χ4v) is 5.34. The van der Waals surface area contributed by atoms with Gasteiger partial charge in [0, 0.05) is 57.0 Å². The molecular formula is C25H31N3O3. The van der Waals surface area contributed by atoms with Gasteiger partial charge in [-0.2, -0.15) is 0 Å². The van der Waals surface area contributed by atoms with Crippen LogP contribution in [0.1, 0.15) is 29.8 Å². The topological polar surface area (TPSA) is 65.8 Å². The molecule has 2 aromatic rings. The Hall–Kier alpha value is -2.70. The molecule has 1 N–H and O–H groups in total. The molecule has 2 bridgehead atoms. The van der Waals surface area contributed by atoms with Crippen molar-refractivity contribution in [3.05, 3.63) is 75.7 Å². The Morgan fingerprint density at radius 3 is 2.58 bits per heavy atom. The highest BCUT2D eigenvalue weighted by Gasteiger charge is 2.55. The van der Waals surface area contributed by atoms with Gasteiger partial charge in [-0.05, 0) is 31.0 Å². The third kappa shape index (κ3) is 3.75. The number of pyridine rings is 1. The van der Waals surface area contributed by atoms with E-state index in [4.69, 9.17) is 0 Å². The van der Waals surface area contributed by atoms with Gasteiger partial charge in [-0.25, -0.2) is 0 Å². The maximum Gasteiger partial charge on any atom is 0.258 e. The molecule has 164 valence electrons. The number of aliphatic hydroxyl groups is 1. The normalized spacial score (nSPS) is 25.0. The number of hydrogen-bond acceptors (Lipinski definition) is 4. The number of benzene rings is 1. The first-order valence-corrected chi connectivity index (χ1v) is 11.0. The first kappa shape index (κ1) is 21.5. The number of rotatable bonds is 6. The van der Waals surface area contributed by atoms with Crippen molar-refractivity contribution in [2.75, 3.05) is 27.2 Å². The molecule has 0 unspecified atom stereocenters. The Morgan fingerprint density at radius 2 is 1.94 bits per heavy atom.